The van der Waals surface area contributed by atoms with Gasteiger partial charge in [0.2, 0.25) is 5.91 Å². The van der Waals surface area contributed by atoms with Crippen molar-refractivity contribution < 1.29 is 13.2 Å². The smallest absolute Gasteiger partial charge is 0.269 e. The molecular formula is C24H17N3O3S2. The summed E-state index contributed by atoms with van der Waals surface area (Å²) in [5.74, 6) is -0.551. The van der Waals surface area contributed by atoms with E-state index in [0.717, 1.165) is 11.1 Å². The third kappa shape index (κ3) is 3.39. The maximum atomic E-state index is 13.4. The molecule has 5 aromatic rings. The van der Waals surface area contributed by atoms with Gasteiger partial charge in [-0.05, 0) is 58.3 Å². The van der Waals surface area contributed by atoms with Crippen LogP contribution in [0.15, 0.2) is 94.8 Å². The van der Waals surface area contributed by atoms with E-state index in [1.54, 1.807) is 72.3 Å². The highest BCUT2D eigenvalue weighted by Crippen LogP contribution is 2.35. The van der Waals surface area contributed by atoms with E-state index in [4.69, 9.17) is 5.73 Å². The molecule has 0 aliphatic heterocycles. The Balaban J connectivity index is 1.80. The first-order chi connectivity index (χ1) is 15.4. The third-order valence-corrected chi connectivity index (χ3v) is 7.57. The molecule has 0 fully saturated rings. The summed E-state index contributed by atoms with van der Waals surface area (Å²) in [6, 6.07) is 19.0. The highest BCUT2D eigenvalue weighted by molar-refractivity contribution is 7.90. The van der Waals surface area contributed by atoms with Crippen LogP contribution in [0.1, 0.15) is 10.4 Å². The Bertz CT molecular complexity index is 1560. The Hall–Kier alpha value is -3.75. The van der Waals surface area contributed by atoms with Gasteiger partial charge < -0.3 is 5.73 Å². The van der Waals surface area contributed by atoms with Gasteiger partial charge in [0.05, 0.1) is 4.90 Å². The van der Waals surface area contributed by atoms with E-state index in [2.05, 4.69) is 4.98 Å². The van der Waals surface area contributed by atoms with Crippen LogP contribution in [0.5, 0.6) is 0 Å². The summed E-state index contributed by atoms with van der Waals surface area (Å²) in [6.07, 6.45) is 3.22. The van der Waals surface area contributed by atoms with Gasteiger partial charge in [-0.1, -0.05) is 30.3 Å². The van der Waals surface area contributed by atoms with Gasteiger partial charge in [-0.3, -0.25) is 4.79 Å². The van der Waals surface area contributed by atoms with Crippen molar-refractivity contribution in [3.8, 4) is 22.3 Å². The standard InChI is InChI=1S/C24H17N3O3S2/c25-23(28)17-6-4-5-16(11-17)22-14-27(32(29,30)20-7-2-1-3-8-20)24-21(22)12-19(13-26-24)18-9-10-31-15-18/h1-15H,(H2,25,28). The van der Waals surface area contributed by atoms with E-state index in [9.17, 15) is 13.2 Å². The molecule has 3 heterocycles. The number of benzene rings is 2. The molecule has 0 unspecified atom stereocenters. The quantitative estimate of drug-likeness (QED) is 0.410. The predicted octanol–water partition coefficient (Wildman–Crippen LogP) is 4.77. The Morgan fingerprint density at radius 2 is 1.75 bits per heavy atom. The summed E-state index contributed by atoms with van der Waals surface area (Å²) < 4.78 is 28.1. The molecule has 0 bridgehead atoms. The molecule has 3 aromatic heterocycles. The Morgan fingerprint density at radius 1 is 0.938 bits per heavy atom. The first kappa shape index (κ1) is 20.2. The number of carbonyl (C=O) groups is 1. The number of hydrogen-bond donors (Lipinski definition) is 1. The number of aromatic nitrogens is 2. The van der Waals surface area contributed by atoms with Gasteiger partial charge in [-0.2, -0.15) is 11.3 Å². The first-order valence-electron chi connectivity index (χ1n) is 9.70. The topological polar surface area (TPSA) is 95.0 Å². The van der Waals surface area contributed by atoms with Crippen LogP contribution >= 0.6 is 11.3 Å². The van der Waals surface area contributed by atoms with Crippen LogP contribution in [0, 0.1) is 0 Å². The van der Waals surface area contributed by atoms with Gasteiger partial charge in [-0.25, -0.2) is 17.4 Å². The second kappa shape index (κ2) is 7.74. The lowest BCUT2D eigenvalue weighted by Crippen LogP contribution is -2.12. The van der Waals surface area contributed by atoms with E-state index in [1.807, 2.05) is 29.0 Å². The highest BCUT2D eigenvalue weighted by atomic mass is 32.2. The van der Waals surface area contributed by atoms with Crippen molar-refractivity contribution in [2.75, 3.05) is 0 Å². The number of carbonyl (C=O) groups excluding carboxylic acids is 1. The number of primary amides is 1. The minimum absolute atomic E-state index is 0.165. The molecule has 32 heavy (non-hydrogen) atoms. The highest BCUT2D eigenvalue weighted by Gasteiger charge is 2.23. The second-order valence-corrected chi connectivity index (χ2v) is 9.80. The molecule has 0 radical (unpaired) electrons. The molecule has 0 spiro atoms. The SMILES string of the molecule is NC(=O)c1cccc(-c2cn(S(=O)(=O)c3ccccc3)c3ncc(-c4ccsc4)cc23)c1. The third-order valence-electron chi connectivity index (χ3n) is 5.22. The summed E-state index contributed by atoms with van der Waals surface area (Å²) >= 11 is 1.57. The molecule has 2 aromatic carbocycles. The Kier molecular flexibility index (Phi) is 4.88. The first-order valence-corrected chi connectivity index (χ1v) is 12.1. The summed E-state index contributed by atoms with van der Waals surface area (Å²) in [5, 5.41) is 4.64. The predicted molar refractivity (Wildman–Crippen MR) is 126 cm³/mol. The van der Waals surface area contributed by atoms with Gasteiger partial charge in [0.25, 0.3) is 10.0 Å². The number of nitrogens with zero attached hydrogens (tertiary/aromatic N) is 2. The summed E-state index contributed by atoms with van der Waals surface area (Å²) in [6.45, 7) is 0. The number of hydrogen-bond acceptors (Lipinski definition) is 5. The number of amides is 1. The van der Waals surface area contributed by atoms with Crippen molar-refractivity contribution in [3.63, 3.8) is 0 Å². The molecule has 8 heteroatoms. The summed E-state index contributed by atoms with van der Waals surface area (Å²) in [5.41, 5.74) is 9.32. The fourth-order valence-corrected chi connectivity index (χ4v) is 5.64. The Morgan fingerprint density at radius 3 is 2.47 bits per heavy atom. The minimum atomic E-state index is -3.88. The van der Waals surface area contributed by atoms with Gasteiger partial charge in [-0.15, -0.1) is 0 Å². The maximum absolute atomic E-state index is 13.4. The lowest BCUT2D eigenvalue weighted by molar-refractivity contribution is 0.100. The van der Waals surface area contributed by atoms with Crippen LogP contribution < -0.4 is 5.73 Å². The molecule has 6 nitrogen and oxygen atoms in total. The fourth-order valence-electron chi connectivity index (χ4n) is 3.63. The molecule has 1 amide bonds. The zero-order valence-corrected chi connectivity index (χ0v) is 18.3. The fraction of sp³-hybridized carbons (Fsp3) is 0. The van der Waals surface area contributed by atoms with Crippen molar-refractivity contribution in [2.45, 2.75) is 4.90 Å². The zero-order valence-electron chi connectivity index (χ0n) is 16.7. The number of fused-ring (bicyclic) bond motifs is 1. The van der Waals surface area contributed by atoms with Crippen LogP contribution in [0.25, 0.3) is 33.3 Å². The zero-order chi connectivity index (χ0) is 22.3. The van der Waals surface area contributed by atoms with Crippen LogP contribution in [0.4, 0.5) is 0 Å². The number of nitrogens with two attached hydrogens (primary N) is 1. The van der Waals surface area contributed by atoms with Crippen molar-refractivity contribution >= 4 is 38.3 Å². The lowest BCUT2D eigenvalue weighted by atomic mass is 10.0. The van der Waals surface area contributed by atoms with Crippen molar-refractivity contribution in [1.82, 2.24) is 8.96 Å². The van der Waals surface area contributed by atoms with E-state index in [0.29, 0.717) is 27.7 Å². The van der Waals surface area contributed by atoms with E-state index in [-0.39, 0.29) is 4.90 Å². The molecule has 0 atom stereocenters. The van der Waals surface area contributed by atoms with Crippen molar-refractivity contribution in [1.29, 1.82) is 0 Å². The molecule has 0 saturated heterocycles. The van der Waals surface area contributed by atoms with E-state index < -0.39 is 15.9 Å². The molecule has 0 aliphatic carbocycles. The average Bonchev–Trinajstić information content (AvgIpc) is 3.48. The van der Waals surface area contributed by atoms with E-state index in [1.165, 1.54) is 3.97 Å². The summed E-state index contributed by atoms with van der Waals surface area (Å²) in [4.78, 5) is 16.4. The Labute approximate surface area is 188 Å². The van der Waals surface area contributed by atoms with Gasteiger partial charge in [0, 0.05) is 34.5 Å². The molecule has 158 valence electrons. The van der Waals surface area contributed by atoms with Gasteiger partial charge in [0.1, 0.15) is 0 Å². The largest absolute Gasteiger partial charge is 0.366 e. The molecule has 0 aliphatic rings. The number of rotatable bonds is 5. The van der Waals surface area contributed by atoms with Crippen LogP contribution in [-0.4, -0.2) is 23.3 Å². The average molecular weight is 460 g/mol. The molecule has 2 N–H and O–H groups in total. The molecule has 0 saturated carbocycles. The second-order valence-electron chi connectivity index (χ2n) is 7.21. The van der Waals surface area contributed by atoms with Crippen LogP contribution in [0.2, 0.25) is 0 Å². The lowest BCUT2D eigenvalue weighted by Gasteiger charge is -2.07. The van der Waals surface area contributed by atoms with Crippen molar-refractivity contribution in [2.24, 2.45) is 5.73 Å². The van der Waals surface area contributed by atoms with Gasteiger partial charge in [0.15, 0.2) is 5.65 Å². The normalized spacial score (nSPS) is 11.6. The van der Waals surface area contributed by atoms with E-state index >= 15 is 0 Å². The van der Waals surface area contributed by atoms with Crippen molar-refractivity contribution in [3.05, 3.63) is 95.4 Å². The number of pyridine rings is 1. The van der Waals surface area contributed by atoms with Gasteiger partial charge >= 0.3 is 0 Å². The maximum Gasteiger partial charge on any atom is 0.269 e. The minimum Gasteiger partial charge on any atom is -0.366 e. The van der Waals surface area contributed by atoms with Crippen LogP contribution in [0.3, 0.4) is 0 Å². The molecular weight excluding hydrogens is 442 g/mol. The van der Waals surface area contributed by atoms with Crippen LogP contribution in [-0.2, 0) is 10.0 Å². The molecule has 5 rings (SSSR count). The summed E-state index contributed by atoms with van der Waals surface area (Å²) in [7, 11) is -3.88. The monoisotopic (exact) mass is 459 g/mol. The number of thiophene rings is 1.